The van der Waals surface area contributed by atoms with E-state index in [1.165, 1.54) is 0 Å². The van der Waals surface area contributed by atoms with Crippen molar-refractivity contribution in [2.75, 3.05) is 6.54 Å². The molecule has 1 aliphatic carbocycles. The molecule has 3 nitrogen and oxygen atoms in total. The molecular formula is C17H30N2O. The molecule has 0 aromatic carbocycles. The lowest BCUT2D eigenvalue weighted by Crippen LogP contribution is -2.41. The summed E-state index contributed by atoms with van der Waals surface area (Å²) in [6.45, 7) is 13.7. The molecule has 1 amide bonds. The molecule has 1 saturated carbocycles. The van der Waals surface area contributed by atoms with E-state index < -0.39 is 5.41 Å². The van der Waals surface area contributed by atoms with E-state index in [2.05, 4.69) is 39.1 Å². The van der Waals surface area contributed by atoms with Crippen LogP contribution in [0.25, 0.3) is 0 Å². The number of nitrogens with one attached hydrogen (secondary N) is 1. The minimum Gasteiger partial charge on any atom is -0.354 e. The van der Waals surface area contributed by atoms with Crippen LogP contribution in [-0.2, 0) is 4.79 Å². The van der Waals surface area contributed by atoms with Crippen molar-refractivity contribution >= 4 is 5.91 Å². The molecule has 0 spiro atoms. The van der Waals surface area contributed by atoms with Crippen molar-refractivity contribution < 1.29 is 4.79 Å². The average molecular weight is 278 g/mol. The standard InChI is InChI=1S/C17H30N2O/c1-7-9-17(12-18,10-8-2)14(20)19-11-13-15(3,4)16(13,5)6/h13H,7-11H2,1-6H3,(H,19,20). The molecule has 0 heterocycles. The molecule has 3 heteroatoms. The summed E-state index contributed by atoms with van der Waals surface area (Å²) in [6.07, 6.45) is 3.03. The van der Waals surface area contributed by atoms with Gasteiger partial charge in [0, 0.05) is 6.54 Å². The van der Waals surface area contributed by atoms with Crippen LogP contribution in [-0.4, -0.2) is 12.5 Å². The molecule has 0 aromatic rings. The first-order valence-electron chi connectivity index (χ1n) is 7.89. The summed E-state index contributed by atoms with van der Waals surface area (Å²) in [7, 11) is 0. The number of rotatable bonds is 7. The van der Waals surface area contributed by atoms with Crippen molar-refractivity contribution in [1.82, 2.24) is 5.32 Å². The minimum atomic E-state index is -0.827. The van der Waals surface area contributed by atoms with Gasteiger partial charge in [-0.2, -0.15) is 5.26 Å². The molecule has 0 saturated heterocycles. The fourth-order valence-corrected chi connectivity index (χ4v) is 3.58. The van der Waals surface area contributed by atoms with Crippen molar-refractivity contribution in [3.8, 4) is 6.07 Å². The van der Waals surface area contributed by atoms with Gasteiger partial charge >= 0.3 is 0 Å². The molecule has 1 fully saturated rings. The Bertz CT molecular complexity index is 384. The predicted molar refractivity (Wildman–Crippen MR) is 81.9 cm³/mol. The molecule has 1 aliphatic rings. The van der Waals surface area contributed by atoms with Gasteiger partial charge in [0.05, 0.1) is 6.07 Å². The Morgan fingerprint density at radius 3 is 1.90 bits per heavy atom. The Labute approximate surface area is 124 Å². The second-order valence-corrected chi connectivity index (χ2v) is 7.40. The molecule has 1 rings (SSSR count). The molecule has 1 N–H and O–H groups in total. The summed E-state index contributed by atoms with van der Waals surface area (Å²) in [5.74, 6) is 0.431. The van der Waals surface area contributed by atoms with Crippen molar-refractivity contribution in [3.05, 3.63) is 0 Å². The van der Waals surface area contributed by atoms with Gasteiger partial charge in [0.2, 0.25) is 5.91 Å². The lowest BCUT2D eigenvalue weighted by Gasteiger charge is -2.24. The smallest absolute Gasteiger partial charge is 0.240 e. The zero-order valence-electron chi connectivity index (χ0n) is 14.0. The number of nitriles is 1. The zero-order chi connectivity index (χ0) is 15.6. The summed E-state index contributed by atoms with van der Waals surface area (Å²) in [5, 5.41) is 12.5. The Morgan fingerprint density at radius 1 is 1.15 bits per heavy atom. The van der Waals surface area contributed by atoms with Crippen molar-refractivity contribution in [2.45, 2.75) is 67.2 Å². The summed E-state index contributed by atoms with van der Waals surface area (Å²) in [4.78, 5) is 12.5. The molecular weight excluding hydrogens is 248 g/mol. The maximum absolute atomic E-state index is 12.5. The molecule has 0 aliphatic heterocycles. The zero-order valence-corrected chi connectivity index (χ0v) is 14.0. The summed E-state index contributed by atoms with van der Waals surface area (Å²) < 4.78 is 0. The third-order valence-electron chi connectivity index (χ3n) is 5.79. The van der Waals surface area contributed by atoms with Crippen LogP contribution in [0.15, 0.2) is 0 Å². The first-order valence-corrected chi connectivity index (χ1v) is 7.89. The van der Waals surface area contributed by atoms with Gasteiger partial charge in [0.15, 0.2) is 0 Å². The Balaban J connectivity index is 2.67. The van der Waals surface area contributed by atoms with E-state index in [-0.39, 0.29) is 16.7 Å². The molecule has 20 heavy (non-hydrogen) atoms. The van der Waals surface area contributed by atoms with Crippen molar-refractivity contribution in [3.63, 3.8) is 0 Å². The van der Waals surface area contributed by atoms with Crippen molar-refractivity contribution in [1.29, 1.82) is 5.26 Å². The minimum absolute atomic E-state index is 0.0674. The summed E-state index contributed by atoms with van der Waals surface area (Å²) >= 11 is 0. The van der Waals surface area contributed by atoms with Gasteiger partial charge in [-0.1, -0.05) is 54.4 Å². The number of carbonyl (C=O) groups is 1. The van der Waals surface area contributed by atoms with Crippen molar-refractivity contribution in [2.24, 2.45) is 22.2 Å². The molecule has 0 radical (unpaired) electrons. The van der Waals surface area contributed by atoms with E-state index in [9.17, 15) is 10.1 Å². The van der Waals surface area contributed by atoms with Gasteiger partial charge in [-0.15, -0.1) is 0 Å². The molecule has 0 bridgehead atoms. The number of hydrogen-bond donors (Lipinski definition) is 1. The van der Waals surface area contributed by atoms with Crippen LogP contribution < -0.4 is 5.32 Å². The topological polar surface area (TPSA) is 52.9 Å². The largest absolute Gasteiger partial charge is 0.354 e. The normalized spacial score (nSPS) is 20.2. The third kappa shape index (κ3) is 2.71. The molecule has 0 unspecified atom stereocenters. The summed E-state index contributed by atoms with van der Waals surface area (Å²) in [5.41, 5.74) is -0.289. The monoisotopic (exact) mass is 278 g/mol. The number of hydrogen-bond acceptors (Lipinski definition) is 2. The second kappa shape index (κ2) is 5.76. The highest BCUT2D eigenvalue weighted by atomic mass is 16.2. The van der Waals surface area contributed by atoms with Crippen LogP contribution in [0.1, 0.15) is 67.2 Å². The van der Waals surface area contributed by atoms with Gasteiger partial charge < -0.3 is 5.32 Å². The van der Waals surface area contributed by atoms with Crippen LogP contribution in [0.3, 0.4) is 0 Å². The summed E-state index contributed by atoms with van der Waals surface area (Å²) in [6, 6.07) is 2.29. The quantitative estimate of drug-likeness (QED) is 0.768. The van der Waals surface area contributed by atoms with Gasteiger partial charge in [-0.25, -0.2) is 0 Å². The second-order valence-electron chi connectivity index (χ2n) is 7.40. The number of carbonyl (C=O) groups excluding carboxylic acids is 1. The van der Waals surface area contributed by atoms with E-state index in [1.807, 2.05) is 13.8 Å². The lowest BCUT2D eigenvalue weighted by atomic mass is 9.79. The highest BCUT2D eigenvalue weighted by Crippen LogP contribution is 2.67. The van der Waals surface area contributed by atoms with E-state index in [0.29, 0.717) is 25.3 Å². The first-order chi connectivity index (χ1) is 9.19. The maximum Gasteiger partial charge on any atom is 0.240 e. The lowest BCUT2D eigenvalue weighted by molar-refractivity contribution is -0.129. The Morgan fingerprint density at radius 2 is 1.60 bits per heavy atom. The van der Waals surface area contributed by atoms with Crippen LogP contribution >= 0.6 is 0 Å². The van der Waals surface area contributed by atoms with Crippen LogP contribution in [0, 0.1) is 33.5 Å². The van der Waals surface area contributed by atoms with E-state index in [0.717, 1.165) is 12.8 Å². The fourth-order valence-electron chi connectivity index (χ4n) is 3.58. The van der Waals surface area contributed by atoms with E-state index >= 15 is 0 Å². The molecule has 114 valence electrons. The number of amides is 1. The Kier molecular flexibility index (Phi) is 4.90. The van der Waals surface area contributed by atoms with E-state index in [1.54, 1.807) is 0 Å². The third-order valence-corrected chi connectivity index (χ3v) is 5.79. The fraction of sp³-hybridized carbons (Fsp3) is 0.882. The van der Waals surface area contributed by atoms with Crippen LogP contribution in [0.5, 0.6) is 0 Å². The van der Waals surface area contributed by atoms with Gasteiger partial charge in [0.1, 0.15) is 5.41 Å². The van der Waals surface area contributed by atoms with E-state index in [4.69, 9.17) is 0 Å². The predicted octanol–water partition coefficient (Wildman–Crippen LogP) is 3.89. The average Bonchev–Trinajstić information content (AvgIpc) is 2.76. The van der Waals surface area contributed by atoms with Crippen LogP contribution in [0.2, 0.25) is 0 Å². The Hall–Kier alpha value is -1.04. The highest BCUT2D eigenvalue weighted by Gasteiger charge is 2.64. The number of nitrogens with zero attached hydrogens (tertiary/aromatic N) is 1. The van der Waals surface area contributed by atoms with Gasteiger partial charge in [-0.3, -0.25) is 4.79 Å². The van der Waals surface area contributed by atoms with Gasteiger partial charge in [0.25, 0.3) is 0 Å². The highest BCUT2D eigenvalue weighted by molar-refractivity contribution is 5.85. The molecule has 0 aromatic heterocycles. The molecule has 0 atom stereocenters. The van der Waals surface area contributed by atoms with Gasteiger partial charge in [-0.05, 0) is 29.6 Å². The maximum atomic E-state index is 12.5. The van der Waals surface area contributed by atoms with Crippen LogP contribution in [0.4, 0.5) is 0 Å². The SMILES string of the molecule is CCCC(C#N)(CCC)C(=O)NCC1C(C)(C)C1(C)C. The first kappa shape index (κ1) is 17.0.